The van der Waals surface area contributed by atoms with Crippen LogP contribution in [0.2, 0.25) is 0 Å². The fourth-order valence-corrected chi connectivity index (χ4v) is 1.49. The van der Waals surface area contributed by atoms with E-state index in [1.165, 1.54) is 12.8 Å². The van der Waals surface area contributed by atoms with Gasteiger partial charge in [-0.3, -0.25) is 0 Å². The molecule has 0 bridgehead atoms. The Labute approximate surface area is 89.4 Å². The molecule has 0 fully saturated rings. The van der Waals surface area contributed by atoms with Crippen LogP contribution in [0, 0.1) is 5.92 Å². The first-order valence-corrected chi connectivity index (χ1v) is 5.80. The highest BCUT2D eigenvalue weighted by molar-refractivity contribution is 4.75. The summed E-state index contributed by atoms with van der Waals surface area (Å²) < 4.78 is 5.51. The van der Waals surface area contributed by atoms with E-state index >= 15 is 0 Å². The fraction of sp³-hybridized carbons (Fsp3) is 1.00. The molecule has 2 nitrogen and oxygen atoms in total. The first-order chi connectivity index (χ1) is 6.48. The van der Waals surface area contributed by atoms with Crippen molar-refractivity contribution in [2.75, 3.05) is 19.8 Å². The van der Waals surface area contributed by atoms with Crippen molar-refractivity contribution in [2.24, 2.45) is 5.92 Å². The summed E-state index contributed by atoms with van der Waals surface area (Å²) in [6, 6.07) is 0. The number of nitrogens with one attached hydrogen (secondary N) is 1. The third-order valence-corrected chi connectivity index (χ3v) is 2.18. The van der Waals surface area contributed by atoms with Crippen LogP contribution in [0.25, 0.3) is 0 Å². The van der Waals surface area contributed by atoms with Crippen molar-refractivity contribution in [2.45, 2.75) is 53.0 Å². The van der Waals surface area contributed by atoms with Gasteiger partial charge in [-0.05, 0) is 26.2 Å². The predicted octanol–water partition coefficient (Wildman–Crippen LogP) is 2.83. The topological polar surface area (TPSA) is 21.3 Å². The predicted molar refractivity (Wildman–Crippen MR) is 62.6 cm³/mol. The molecule has 0 aromatic carbocycles. The molecule has 0 atom stereocenters. The van der Waals surface area contributed by atoms with Crippen LogP contribution >= 0.6 is 0 Å². The second-order valence-corrected chi connectivity index (χ2v) is 5.03. The van der Waals surface area contributed by atoms with Gasteiger partial charge in [0.15, 0.2) is 0 Å². The Bertz CT molecular complexity index is 132. The summed E-state index contributed by atoms with van der Waals surface area (Å²) in [6.45, 7) is 13.7. The van der Waals surface area contributed by atoms with Crippen LogP contribution in [0.15, 0.2) is 0 Å². The second-order valence-electron chi connectivity index (χ2n) is 5.03. The third-order valence-electron chi connectivity index (χ3n) is 2.18. The summed E-state index contributed by atoms with van der Waals surface area (Å²) in [6.07, 6.45) is 2.45. The third kappa shape index (κ3) is 8.52. The molecule has 0 aromatic rings. The molecule has 86 valence electrons. The van der Waals surface area contributed by atoms with Crippen LogP contribution in [0.1, 0.15) is 47.5 Å². The number of ether oxygens (including phenoxy) is 1. The maximum atomic E-state index is 5.51. The van der Waals surface area contributed by atoms with Crippen molar-refractivity contribution >= 4 is 0 Å². The van der Waals surface area contributed by atoms with Crippen LogP contribution in [0.3, 0.4) is 0 Å². The lowest BCUT2D eigenvalue weighted by Gasteiger charge is -2.25. The van der Waals surface area contributed by atoms with Gasteiger partial charge >= 0.3 is 0 Å². The normalized spacial score (nSPS) is 12.4. The summed E-state index contributed by atoms with van der Waals surface area (Å²) in [7, 11) is 0. The minimum absolute atomic E-state index is 0.260. The zero-order valence-electron chi connectivity index (χ0n) is 10.5. The van der Waals surface area contributed by atoms with Crippen molar-refractivity contribution in [3.63, 3.8) is 0 Å². The molecule has 0 aromatic heterocycles. The van der Waals surface area contributed by atoms with Gasteiger partial charge in [0.2, 0.25) is 0 Å². The molecule has 0 radical (unpaired) electrons. The molecule has 0 saturated carbocycles. The van der Waals surface area contributed by atoms with Gasteiger partial charge in [-0.25, -0.2) is 0 Å². The Hall–Kier alpha value is -0.0800. The maximum Gasteiger partial charge on any atom is 0.0591 e. The lowest BCUT2D eigenvalue weighted by atomic mass is 9.99. The highest BCUT2D eigenvalue weighted by atomic mass is 16.5. The van der Waals surface area contributed by atoms with E-state index in [9.17, 15) is 0 Å². The monoisotopic (exact) mass is 201 g/mol. The first kappa shape index (κ1) is 13.9. The summed E-state index contributed by atoms with van der Waals surface area (Å²) >= 11 is 0. The molecule has 0 heterocycles. The summed E-state index contributed by atoms with van der Waals surface area (Å²) in [5, 5.41) is 3.51. The molecule has 0 unspecified atom stereocenters. The molecular weight excluding hydrogens is 174 g/mol. The van der Waals surface area contributed by atoms with E-state index in [2.05, 4.69) is 39.9 Å². The Morgan fingerprint density at radius 2 is 1.93 bits per heavy atom. The Morgan fingerprint density at radius 1 is 1.29 bits per heavy atom. The van der Waals surface area contributed by atoms with Crippen LogP contribution in [-0.2, 0) is 4.74 Å². The zero-order valence-corrected chi connectivity index (χ0v) is 10.5. The van der Waals surface area contributed by atoms with Gasteiger partial charge in [-0.15, -0.1) is 0 Å². The van der Waals surface area contributed by atoms with Crippen molar-refractivity contribution in [3.05, 3.63) is 0 Å². The van der Waals surface area contributed by atoms with Crippen molar-refractivity contribution in [3.8, 4) is 0 Å². The van der Waals surface area contributed by atoms with Crippen LogP contribution in [0.5, 0.6) is 0 Å². The Kier molecular flexibility index (Phi) is 7.20. The number of rotatable bonds is 8. The largest absolute Gasteiger partial charge is 0.380 e. The molecule has 0 aliphatic carbocycles. The maximum absolute atomic E-state index is 5.51. The Balaban J connectivity index is 3.34. The molecule has 0 amide bonds. The van der Waals surface area contributed by atoms with E-state index in [1.807, 2.05) is 0 Å². The first-order valence-electron chi connectivity index (χ1n) is 5.80. The zero-order chi connectivity index (χ0) is 11.0. The van der Waals surface area contributed by atoms with Crippen molar-refractivity contribution in [1.29, 1.82) is 0 Å². The van der Waals surface area contributed by atoms with E-state index in [0.29, 0.717) is 5.92 Å². The Morgan fingerprint density at radius 3 is 2.43 bits per heavy atom. The van der Waals surface area contributed by atoms with Gasteiger partial charge in [0, 0.05) is 18.7 Å². The lowest BCUT2D eigenvalue weighted by Crippen LogP contribution is -2.41. The number of hydrogen-bond acceptors (Lipinski definition) is 2. The van der Waals surface area contributed by atoms with Gasteiger partial charge in [0.25, 0.3) is 0 Å². The van der Waals surface area contributed by atoms with Crippen LogP contribution in [-0.4, -0.2) is 25.3 Å². The molecular formula is C12H27NO. The molecule has 0 spiro atoms. The van der Waals surface area contributed by atoms with Crippen molar-refractivity contribution < 1.29 is 4.74 Å². The van der Waals surface area contributed by atoms with E-state index in [1.54, 1.807) is 0 Å². The lowest BCUT2D eigenvalue weighted by molar-refractivity contribution is 0.106. The molecule has 2 heteroatoms. The van der Waals surface area contributed by atoms with Gasteiger partial charge in [-0.2, -0.15) is 0 Å². The quantitative estimate of drug-likeness (QED) is 0.610. The second kappa shape index (κ2) is 7.24. The van der Waals surface area contributed by atoms with E-state index in [4.69, 9.17) is 4.74 Å². The molecule has 0 aliphatic rings. The minimum atomic E-state index is 0.260. The van der Waals surface area contributed by atoms with Gasteiger partial charge in [0.1, 0.15) is 0 Å². The van der Waals surface area contributed by atoms with E-state index in [0.717, 1.165) is 19.8 Å². The molecule has 0 rings (SSSR count). The van der Waals surface area contributed by atoms with Crippen LogP contribution < -0.4 is 5.32 Å². The minimum Gasteiger partial charge on any atom is -0.380 e. The standard InChI is InChI=1S/C12H27NO/c1-6-7-12(4,5)13-8-9-14-10-11(2)3/h11,13H,6-10H2,1-5H3. The highest BCUT2D eigenvalue weighted by Crippen LogP contribution is 2.09. The number of hydrogen-bond donors (Lipinski definition) is 1. The van der Waals surface area contributed by atoms with E-state index < -0.39 is 0 Å². The fourth-order valence-electron chi connectivity index (χ4n) is 1.49. The summed E-state index contributed by atoms with van der Waals surface area (Å²) in [5.41, 5.74) is 0.260. The van der Waals surface area contributed by atoms with Crippen LogP contribution in [0.4, 0.5) is 0 Å². The SMILES string of the molecule is CCCC(C)(C)NCCOCC(C)C. The average molecular weight is 201 g/mol. The average Bonchev–Trinajstić information content (AvgIpc) is 2.02. The molecule has 1 N–H and O–H groups in total. The van der Waals surface area contributed by atoms with Gasteiger partial charge in [0.05, 0.1) is 6.61 Å². The summed E-state index contributed by atoms with van der Waals surface area (Å²) in [5.74, 6) is 0.638. The molecule has 14 heavy (non-hydrogen) atoms. The molecule has 0 saturated heterocycles. The van der Waals surface area contributed by atoms with E-state index in [-0.39, 0.29) is 5.54 Å². The van der Waals surface area contributed by atoms with Crippen molar-refractivity contribution in [1.82, 2.24) is 5.32 Å². The highest BCUT2D eigenvalue weighted by Gasteiger charge is 2.14. The van der Waals surface area contributed by atoms with Gasteiger partial charge in [-0.1, -0.05) is 27.2 Å². The summed E-state index contributed by atoms with van der Waals surface area (Å²) in [4.78, 5) is 0. The smallest absolute Gasteiger partial charge is 0.0591 e. The molecule has 0 aliphatic heterocycles. The van der Waals surface area contributed by atoms with Gasteiger partial charge < -0.3 is 10.1 Å².